The summed E-state index contributed by atoms with van der Waals surface area (Å²) in [5.74, 6) is 0.993. The van der Waals surface area contributed by atoms with Crippen LogP contribution in [-0.2, 0) is 11.3 Å². The average molecular weight is 419 g/mol. The van der Waals surface area contributed by atoms with Crippen molar-refractivity contribution in [3.05, 3.63) is 77.5 Å². The fourth-order valence-electron chi connectivity index (χ4n) is 3.14. The van der Waals surface area contributed by atoms with E-state index in [1.807, 2.05) is 74.5 Å². The van der Waals surface area contributed by atoms with Gasteiger partial charge < -0.3 is 21.7 Å². The fourth-order valence-corrected chi connectivity index (χ4v) is 3.14. The topological polar surface area (TPSA) is 105 Å². The van der Waals surface area contributed by atoms with Crippen molar-refractivity contribution in [1.82, 2.24) is 15.3 Å². The Balaban J connectivity index is 1.69. The summed E-state index contributed by atoms with van der Waals surface area (Å²) in [6, 6.07) is 19.2. The summed E-state index contributed by atoms with van der Waals surface area (Å²) in [5, 5.41) is 9.48. The number of aromatic nitrogens is 2. The van der Waals surface area contributed by atoms with Gasteiger partial charge in [0.2, 0.25) is 11.9 Å². The van der Waals surface area contributed by atoms with Crippen molar-refractivity contribution in [3.63, 3.8) is 0 Å². The average Bonchev–Trinajstić information content (AvgIpc) is 2.76. The van der Waals surface area contributed by atoms with Crippen molar-refractivity contribution >= 4 is 23.4 Å². The van der Waals surface area contributed by atoms with Gasteiger partial charge in [-0.05, 0) is 50.9 Å². The number of nitrogens with zero attached hydrogens (tertiary/aromatic N) is 2. The van der Waals surface area contributed by atoms with Crippen molar-refractivity contribution in [3.8, 4) is 0 Å². The maximum absolute atomic E-state index is 12.9. The Labute approximate surface area is 183 Å². The van der Waals surface area contributed by atoms with Crippen LogP contribution in [0.2, 0.25) is 0 Å². The van der Waals surface area contributed by atoms with E-state index in [4.69, 9.17) is 5.73 Å². The molecule has 0 aliphatic heterocycles. The second-order valence-electron chi connectivity index (χ2n) is 7.54. The molecule has 5 N–H and O–H groups in total. The molecule has 0 bridgehead atoms. The predicted octanol–water partition coefficient (Wildman–Crippen LogP) is 3.67. The number of benzene rings is 2. The molecular formula is C24H30N6O. The number of hydrogen-bond acceptors (Lipinski definition) is 6. The summed E-state index contributed by atoms with van der Waals surface area (Å²) in [6.07, 6.45) is 1.34. The van der Waals surface area contributed by atoms with Crippen molar-refractivity contribution in [2.75, 3.05) is 17.2 Å². The zero-order valence-corrected chi connectivity index (χ0v) is 18.1. The van der Waals surface area contributed by atoms with Crippen LogP contribution in [0.25, 0.3) is 0 Å². The number of hydrogen-bond donors (Lipinski definition) is 4. The van der Waals surface area contributed by atoms with E-state index in [-0.39, 0.29) is 5.91 Å². The molecule has 0 saturated carbocycles. The quantitative estimate of drug-likeness (QED) is 0.400. The van der Waals surface area contributed by atoms with Gasteiger partial charge in [-0.1, -0.05) is 48.0 Å². The minimum absolute atomic E-state index is 0.0807. The molecule has 0 radical (unpaired) electrons. The van der Waals surface area contributed by atoms with Crippen LogP contribution < -0.4 is 21.7 Å². The Morgan fingerprint density at radius 1 is 1.03 bits per heavy atom. The van der Waals surface area contributed by atoms with E-state index >= 15 is 0 Å². The van der Waals surface area contributed by atoms with Gasteiger partial charge in [0.25, 0.3) is 0 Å². The Kier molecular flexibility index (Phi) is 7.95. The highest BCUT2D eigenvalue weighted by molar-refractivity contribution is 5.84. The van der Waals surface area contributed by atoms with Crippen LogP contribution >= 0.6 is 0 Å². The number of carbonyl (C=O) groups excluding carboxylic acids is 1. The molecule has 3 rings (SSSR count). The first-order chi connectivity index (χ1) is 15.0. The lowest BCUT2D eigenvalue weighted by atomic mass is 10.1. The summed E-state index contributed by atoms with van der Waals surface area (Å²) in [7, 11) is 0. The third-order valence-electron chi connectivity index (χ3n) is 4.81. The molecule has 1 atom stereocenters. The molecule has 3 aromatic rings. The third-order valence-corrected chi connectivity index (χ3v) is 4.81. The number of aryl methyl sites for hydroxylation is 2. The van der Waals surface area contributed by atoms with Gasteiger partial charge in [-0.3, -0.25) is 4.79 Å². The van der Waals surface area contributed by atoms with Crippen LogP contribution in [0, 0.1) is 13.8 Å². The molecule has 0 aliphatic carbocycles. The van der Waals surface area contributed by atoms with Crippen molar-refractivity contribution in [1.29, 1.82) is 0 Å². The normalized spacial score (nSPS) is 11.6. The van der Waals surface area contributed by atoms with E-state index in [1.54, 1.807) is 0 Å². The smallest absolute Gasteiger partial charge is 0.242 e. The van der Waals surface area contributed by atoms with Crippen molar-refractivity contribution in [2.45, 2.75) is 39.3 Å². The minimum Gasteiger partial charge on any atom is -0.358 e. The first-order valence-corrected chi connectivity index (χ1v) is 10.5. The first-order valence-electron chi connectivity index (χ1n) is 10.5. The summed E-state index contributed by atoms with van der Waals surface area (Å²) < 4.78 is 0. The molecule has 0 fully saturated rings. The van der Waals surface area contributed by atoms with E-state index < -0.39 is 6.04 Å². The molecule has 1 aromatic heterocycles. The monoisotopic (exact) mass is 418 g/mol. The molecule has 0 aliphatic rings. The van der Waals surface area contributed by atoms with Gasteiger partial charge in [0.05, 0.1) is 0 Å². The van der Waals surface area contributed by atoms with Gasteiger partial charge in [-0.25, -0.2) is 4.98 Å². The van der Waals surface area contributed by atoms with Crippen LogP contribution in [0.1, 0.15) is 29.7 Å². The second kappa shape index (κ2) is 11.1. The summed E-state index contributed by atoms with van der Waals surface area (Å²) in [5.41, 5.74) is 9.64. The van der Waals surface area contributed by atoms with Crippen LogP contribution in [-0.4, -0.2) is 28.5 Å². The number of amides is 1. The standard InChI is InChI=1S/C24H30N6O/c1-17-10-12-19(13-11-17)16-26-23(31)21(9-6-14-25)29-22-15-18(2)27-24(30-22)28-20-7-4-3-5-8-20/h3-5,7-8,10-13,15,21H,6,9,14,16,25H2,1-2H3,(H,26,31)(H2,27,28,29,30)/t21-/m0/s1. The molecule has 1 heterocycles. The SMILES string of the molecule is Cc1ccc(CNC(=O)[C@H](CCCN)Nc2cc(C)nc(Nc3ccccc3)n2)cc1. The summed E-state index contributed by atoms with van der Waals surface area (Å²) >= 11 is 0. The number of carbonyl (C=O) groups is 1. The highest BCUT2D eigenvalue weighted by Crippen LogP contribution is 2.17. The number of nitrogens with one attached hydrogen (secondary N) is 3. The van der Waals surface area contributed by atoms with E-state index in [0.717, 1.165) is 23.4 Å². The van der Waals surface area contributed by atoms with E-state index in [1.165, 1.54) is 5.56 Å². The number of para-hydroxylation sites is 1. The Hall–Kier alpha value is -3.45. The van der Waals surface area contributed by atoms with Crippen LogP contribution in [0.4, 0.5) is 17.5 Å². The van der Waals surface area contributed by atoms with Gasteiger partial charge in [-0.2, -0.15) is 4.98 Å². The predicted molar refractivity (Wildman–Crippen MR) is 125 cm³/mol. The van der Waals surface area contributed by atoms with Crippen molar-refractivity contribution < 1.29 is 4.79 Å². The largest absolute Gasteiger partial charge is 0.358 e. The lowest BCUT2D eigenvalue weighted by Crippen LogP contribution is -2.40. The van der Waals surface area contributed by atoms with Gasteiger partial charge in [0, 0.05) is 24.0 Å². The Morgan fingerprint density at radius 3 is 2.48 bits per heavy atom. The molecule has 7 nitrogen and oxygen atoms in total. The second-order valence-corrected chi connectivity index (χ2v) is 7.54. The maximum Gasteiger partial charge on any atom is 0.242 e. The highest BCUT2D eigenvalue weighted by Gasteiger charge is 2.19. The maximum atomic E-state index is 12.9. The third kappa shape index (κ3) is 7.08. The summed E-state index contributed by atoms with van der Waals surface area (Å²) in [4.78, 5) is 21.9. The number of nitrogens with two attached hydrogens (primary N) is 1. The highest BCUT2D eigenvalue weighted by atomic mass is 16.2. The van der Waals surface area contributed by atoms with E-state index in [2.05, 4.69) is 25.9 Å². The number of anilines is 3. The molecule has 31 heavy (non-hydrogen) atoms. The Morgan fingerprint density at radius 2 is 1.77 bits per heavy atom. The molecule has 2 aromatic carbocycles. The van der Waals surface area contributed by atoms with Crippen LogP contribution in [0.15, 0.2) is 60.7 Å². The minimum atomic E-state index is -0.437. The lowest BCUT2D eigenvalue weighted by molar-refractivity contribution is -0.122. The van der Waals surface area contributed by atoms with Gasteiger partial charge >= 0.3 is 0 Å². The van der Waals surface area contributed by atoms with Crippen molar-refractivity contribution in [2.24, 2.45) is 5.73 Å². The molecule has 0 saturated heterocycles. The fraction of sp³-hybridized carbons (Fsp3) is 0.292. The summed E-state index contributed by atoms with van der Waals surface area (Å²) in [6.45, 7) is 4.94. The molecule has 0 unspecified atom stereocenters. The number of rotatable bonds is 10. The van der Waals surface area contributed by atoms with E-state index in [0.29, 0.717) is 31.3 Å². The zero-order chi connectivity index (χ0) is 22.1. The molecule has 1 amide bonds. The van der Waals surface area contributed by atoms with Crippen LogP contribution in [0.3, 0.4) is 0 Å². The molecule has 0 spiro atoms. The zero-order valence-electron chi connectivity index (χ0n) is 18.1. The van der Waals surface area contributed by atoms with E-state index in [9.17, 15) is 4.79 Å². The molecule has 162 valence electrons. The van der Waals surface area contributed by atoms with Gasteiger partial charge in [0.1, 0.15) is 11.9 Å². The van der Waals surface area contributed by atoms with Crippen LogP contribution in [0.5, 0.6) is 0 Å². The lowest BCUT2D eigenvalue weighted by Gasteiger charge is -2.19. The van der Waals surface area contributed by atoms with Gasteiger partial charge in [-0.15, -0.1) is 0 Å². The first kappa shape index (κ1) is 22.2. The molecular weight excluding hydrogens is 388 g/mol. The molecule has 7 heteroatoms. The van der Waals surface area contributed by atoms with Gasteiger partial charge in [0.15, 0.2) is 0 Å². The Bertz CT molecular complexity index is 975.